The normalized spacial score (nSPS) is 15.5. The lowest BCUT2D eigenvalue weighted by Gasteiger charge is -2.21. The molecule has 1 saturated carbocycles. The predicted molar refractivity (Wildman–Crippen MR) is 93.9 cm³/mol. The van der Waals surface area contributed by atoms with Crippen molar-refractivity contribution in [3.05, 3.63) is 33.7 Å². The Hall–Kier alpha value is -1.47. The molecule has 23 heavy (non-hydrogen) atoms. The summed E-state index contributed by atoms with van der Waals surface area (Å²) >= 11 is 4.89. The quantitative estimate of drug-likeness (QED) is 0.794. The van der Waals surface area contributed by atoms with Gasteiger partial charge in [0.05, 0.1) is 4.47 Å². The second kappa shape index (κ2) is 6.97. The molecule has 5 nitrogen and oxygen atoms in total. The molecule has 1 amide bonds. The lowest BCUT2D eigenvalue weighted by atomic mass is 10.1. The zero-order valence-corrected chi connectivity index (χ0v) is 15.4. The van der Waals surface area contributed by atoms with Crippen molar-refractivity contribution in [1.82, 2.24) is 10.2 Å². The molecule has 0 saturated heterocycles. The van der Waals surface area contributed by atoms with Crippen LogP contribution in [0.4, 0.5) is 5.13 Å². The SMILES string of the molecule is CC(C)[C@@H](Oc1ccccc1Br)C(=O)Nc1nnc(C2CC2)s1. The molecule has 1 N–H and O–H groups in total. The summed E-state index contributed by atoms with van der Waals surface area (Å²) in [5.41, 5.74) is 0. The number of nitrogens with zero attached hydrogens (tertiary/aromatic N) is 2. The van der Waals surface area contributed by atoms with Gasteiger partial charge in [0.15, 0.2) is 6.10 Å². The van der Waals surface area contributed by atoms with Crippen LogP contribution in [-0.2, 0) is 4.79 Å². The van der Waals surface area contributed by atoms with Gasteiger partial charge in [0.2, 0.25) is 5.13 Å². The number of benzene rings is 1. The van der Waals surface area contributed by atoms with Gasteiger partial charge in [0, 0.05) is 5.92 Å². The fraction of sp³-hybridized carbons (Fsp3) is 0.438. The Morgan fingerprint density at radius 2 is 2.09 bits per heavy atom. The van der Waals surface area contributed by atoms with E-state index in [1.54, 1.807) is 0 Å². The largest absolute Gasteiger partial charge is 0.479 e. The molecule has 0 unspecified atom stereocenters. The van der Waals surface area contributed by atoms with Gasteiger partial charge in [-0.1, -0.05) is 37.3 Å². The highest BCUT2D eigenvalue weighted by molar-refractivity contribution is 9.10. The van der Waals surface area contributed by atoms with Crippen LogP contribution in [-0.4, -0.2) is 22.2 Å². The number of aromatic nitrogens is 2. The molecular weight excluding hydrogens is 378 g/mol. The van der Waals surface area contributed by atoms with Crippen LogP contribution in [0.5, 0.6) is 5.75 Å². The van der Waals surface area contributed by atoms with Gasteiger partial charge < -0.3 is 4.74 Å². The molecular formula is C16H18BrN3O2S. The van der Waals surface area contributed by atoms with Crippen molar-refractivity contribution in [1.29, 1.82) is 0 Å². The maximum absolute atomic E-state index is 12.6. The summed E-state index contributed by atoms with van der Waals surface area (Å²) in [7, 11) is 0. The summed E-state index contributed by atoms with van der Waals surface area (Å²) in [6, 6.07) is 7.50. The van der Waals surface area contributed by atoms with Gasteiger partial charge in [-0.2, -0.15) is 0 Å². The Bertz CT molecular complexity index is 700. The fourth-order valence-electron chi connectivity index (χ4n) is 2.13. The van der Waals surface area contributed by atoms with Crippen LogP contribution in [0.1, 0.15) is 37.6 Å². The standard InChI is InChI=1S/C16H18BrN3O2S/c1-9(2)13(22-12-6-4-3-5-11(12)17)14(21)18-16-20-19-15(23-16)10-7-8-10/h3-6,9-10,13H,7-8H2,1-2H3,(H,18,20,21)/t13-/m1/s1. The summed E-state index contributed by atoms with van der Waals surface area (Å²) in [6.07, 6.45) is 1.74. The highest BCUT2D eigenvalue weighted by Crippen LogP contribution is 2.42. The van der Waals surface area contributed by atoms with E-state index in [1.807, 2.05) is 38.1 Å². The van der Waals surface area contributed by atoms with Gasteiger partial charge >= 0.3 is 0 Å². The molecule has 0 aliphatic heterocycles. The Balaban J connectivity index is 1.69. The zero-order chi connectivity index (χ0) is 16.4. The molecule has 0 spiro atoms. The summed E-state index contributed by atoms with van der Waals surface area (Å²) in [5.74, 6) is 1.01. The molecule has 1 heterocycles. The minimum absolute atomic E-state index is 0.0259. The highest BCUT2D eigenvalue weighted by atomic mass is 79.9. The van der Waals surface area contributed by atoms with Crippen LogP contribution in [0.2, 0.25) is 0 Å². The number of carbonyl (C=O) groups is 1. The van der Waals surface area contributed by atoms with E-state index in [9.17, 15) is 4.79 Å². The third kappa shape index (κ3) is 4.09. The molecule has 2 aromatic rings. The van der Waals surface area contributed by atoms with Gasteiger partial charge in [-0.25, -0.2) is 0 Å². The first-order valence-electron chi connectivity index (χ1n) is 7.60. The molecule has 7 heteroatoms. The second-order valence-electron chi connectivity index (χ2n) is 5.92. The maximum Gasteiger partial charge on any atom is 0.267 e. The van der Waals surface area contributed by atoms with E-state index in [4.69, 9.17) is 4.74 Å². The molecule has 0 bridgehead atoms. The number of ether oxygens (including phenoxy) is 1. The van der Waals surface area contributed by atoms with Gasteiger partial charge in [0.25, 0.3) is 5.91 Å². The van der Waals surface area contributed by atoms with E-state index < -0.39 is 6.10 Å². The number of para-hydroxylation sites is 1. The molecule has 1 aromatic carbocycles. The Labute approximate surface area is 147 Å². The Kier molecular flexibility index (Phi) is 4.96. The Morgan fingerprint density at radius 1 is 1.35 bits per heavy atom. The van der Waals surface area contributed by atoms with Crippen LogP contribution in [0.25, 0.3) is 0 Å². The first-order chi connectivity index (χ1) is 11.0. The van der Waals surface area contributed by atoms with Gasteiger partial charge in [-0.3, -0.25) is 10.1 Å². The van der Waals surface area contributed by atoms with Crippen LogP contribution in [0.15, 0.2) is 28.7 Å². The Morgan fingerprint density at radius 3 is 2.74 bits per heavy atom. The van der Waals surface area contributed by atoms with Crippen LogP contribution >= 0.6 is 27.3 Å². The number of amides is 1. The number of carbonyl (C=O) groups excluding carboxylic acids is 1. The van der Waals surface area contributed by atoms with E-state index >= 15 is 0 Å². The van der Waals surface area contributed by atoms with E-state index in [-0.39, 0.29) is 11.8 Å². The molecule has 3 rings (SSSR count). The number of nitrogens with one attached hydrogen (secondary N) is 1. The number of rotatable bonds is 6. The summed E-state index contributed by atoms with van der Waals surface area (Å²) in [5, 5.41) is 12.6. The van der Waals surface area contributed by atoms with E-state index in [0.717, 1.165) is 9.48 Å². The van der Waals surface area contributed by atoms with Crippen LogP contribution < -0.4 is 10.1 Å². The van der Waals surface area contributed by atoms with Crippen molar-refractivity contribution < 1.29 is 9.53 Å². The summed E-state index contributed by atoms with van der Waals surface area (Å²) < 4.78 is 6.73. The van der Waals surface area contributed by atoms with Crippen molar-refractivity contribution >= 4 is 38.3 Å². The van der Waals surface area contributed by atoms with Crippen molar-refractivity contribution in [2.45, 2.75) is 38.7 Å². The van der Waals surface area contributed by atoms with Crippen LogP contribution in [0, 0.1) is 5.92 Å². The first kappa shape index (κ1) is 16.4. The number of hydrogen-bond acceptors (Lipinski definition) is 5. The van der Waals surface area contributed by atoms with Crippen molar-refractivity contribution in [3.63, 3.8) is 0 Å². The molecule has 1 atom stereocenters. The third-order valence-electron chi connectivity index (χ3n) is 3.55. The summed E-state index contributed by atoms with van der Waals surface area (Å²) in [4.78, 5) is 12.6. The smallest absolute Gasteiger partial charge is 0.267 e. The lowest BCUT2D eigenvalue weighted by Crippen LogP contribution is -2.37. The first-order valence-corrected chi connectivity index (χ1v) is 9.21. The zero-order valence-electron chi connectivity index (χ0n) is 13.0. The van der Waals surface area contributed by atoms with Gasteiger partial charge in [-0.05, 0) is 46.8 Å². The van der Waals surface area contributed by atoms with Gasteiger partial charge in [-0.15, -0.1) is 10.2 Å². The molecule has 122 valence electrons. The number of hydrogen-bond donors (Lipinski definition) is 1. The minimum Gasteiger partial charge on any atom is -0.479 e. The fourth-order valence-corrected chi connectivity index (χ4v) is 3.42. The summed E-state index contributed by atoms with van der Waals surface area (Å²) in [6.45, 7) is 3.91. The molecule has 1 aliphatic rings. The average Bonchev–Trinajstić information content (AvgIpc) is 3.26. The molecule has 1 aliphatic carbocycles. The number of halogens is 1. The number of anilines is 1. The third-order valence-corrected chi connectivity index (χ3v) is 5.21. The van der Waals surface area contributed by atoms with Crippen molar-refractivity contribution in [3.8, 4) is 5.75 Å². The van der Waals surface area contributed by atoms with E-state index in [2.05, 4.69) is 31.4 Å². The molecule has 1 aromatic heterocycles. The average molecular weight is 396 g/mol. The minimum atomic E-state index is -0.595. The van der Waals surface area contributed by atoms with E-state index in [0.29, 0.717) is 16.8 Å². The lowest BCUT2D eigenvalue weighted by molar-refractivity contribution is -0.124. The molecule has 0 radical (unpaired) electrons. The predicted octanol–water partition coefficient (Wildman–Crippen LogP) is 4.22. The van der Waals surface area contributed by atoms with Gasteiger partial charge in [0.1, 0.15) is 10.8 Å². The highest BCUT2D eigenvalue weighted by Gasteiger charge is 2.29. The van der Waals surface area contributed by atoms with Crippen LogP contribution in [0.3, 0.4) is 0 Å². The monoisotopic (exact) mass is 395 g/mol. The van der Waals surface area contributed by atoms with E-state index in [1.165, 1.54) is 24.2 Å². The van der Waals surface area contributed by atoms with Crippen molar-refractivity contribution in [2.24, 2.45) is 5.92 Å². The maximum atomic E-state index is 12.6. The molecule has 1 fully saturated rings. The van der Waals surface area contributed by atoms with Crippen molar-refractivity contribution in [2.75, 3.05) is 5.32 Å². The second-order valence-corrected chi connectivity index (χ2v) is 7.79. The topological polar surface area (TPSA) is 64.1 Å².